The Hall–Kier alpha value is -3.89. The summed E-state index contributed by atoms with van der Waals surface area (Å²) in [5.41, 5.74) is 2.33. The second kappa shape index (κ2) is 13.0. The molecule has 1 aliphatic heterocycles. The zero-order valence-corrected chi connectivity index (χ0v) is 24.3. The average Bonchev–Trinajstić information content (AvgIpc) is 3.23. The van der Waals surface area contributed by atoms with Crippen molar-refractivity contribution in [1.29, 1.82) is 0 Å². The van der Waals surface area contributed by atoms with Gasteiger partial charge in [0.2, 0.25) is 0 Å². The molecule has 0 spiro atoms. The molecule has 0 radical (unpaired) electrons. The normalized spacial score (nSPS) is 15.0. The Bertz CT molecular complexity index is 1550. The predicted octanol–water partition coefficient (Wildman–Crippen LogP) is 7.19. The molecule has 10 heteroatoms. The lowest BCUT2D eigenvalue weighted by Crippen LogP contribution is -2.14. The van der Waals surface area contributed by atoms with Gasteiger partial charge in [0, 0.05) is 10.0 Å². The van der Waals surface area contributed by atoms with Gasteiger partial charge >= 0.3 is 5.97 Å². The van der Waals surface area contributed by atoms with E-state index in [2.05, 4.69) is 20.9 Å². The van der Waals surface area contributed by atoms with Gasteiger partial charge in [-0.15, -0.1) is 0 Å². The first-order valence-corrected chi connectivity index (χ1v) is 13.8. The second-order valence-corrected chi connectivity index (χ2v) is 10.4. The summed E-state index contributed by atoms with van der Waals surface area (Å²) in [6.45, 7) is 3.71. The van der Waals surface area contributed by atoms with E-state index in [1.165, 1.54) is 19.2 Å². The summed E-state index contributed by atoms with van der Waals surface area (Å²) >= 11 is 4.51. The minimum Gasteiger partial charge on any atom is -0.506 e. The van der Waals surface area contributed by atoms with E-state index in [1.807, 2.05) is 6.07 Å². The van der Waals surface area contributed by atoms with E-state index in [-0.39, 0.29) is 35.4 Å². The van der Waals surface area contributed by atoms with Crippen molar-refractivity contribution >= 4 is 50.7 Å². The number of ether oxygens (including phenoxy) is 3. The van der Waals surface area contributed by atoms with E-state index >= 15 is 0 Å². The number of aliphatic hydroxyl groups excluding tert-OH is 1. The van der Waals surface area contributed by atoms with Crippen LogP contribution in [0.2, 0.25) is 0 Å². The largest absolute Gasteiger partial charge is 0.506 e. The number of hydrogen-bond acceptors (Lipinski definition) is 7. The van der Waals surface area contributed by atoms with Crippen LogP contribution in [0.4, 0.5) is 4.39 Å². The second-order valence-electron chi connectivity index (χ2n) is 8.53. The van der Waals surface area contributed by atoms with Gasteiger partial charge in [-0.3, -0.25) is 4.79 Å². The SMILES string of the molecule is CCOC(=O)C1=C(O)/C(=C/c2cc(OC)c(OCc3ccc(F)cc3)cc2Br)SC1=NC(=O)c1ccccc1C. The molecular formula is C30H25BrFNO6S. The maximum Gasteiger partial charge on any atom is 0.344 e. The molecule has 0 saturated carbocycles. The molecule has 4 rings (SSSR count). The summed E-state index contributed by atoms with van der Waals surface area (Å²) in [4.78, 5) is 30.1. The Kier molecular flexibility index (Phi) is 9.44. The number of aryl methyl sites for hydroxylation is 1. The summed E-state index contributed by atoms with van der Waals surface area (Å²) < 4.78 is 30.3. The molecule has 0 atom stereocenters. The molecular weight excluding hydrogens is 601 g/mol. The van der Waals surface area contributed by atoms with Gasteiger partial charge in [-0.2, -0.15) is 0 Å². The van der Waals surface area contributed by atoms with E-state index < -0.39 is 11.9 Å². The Morgan fingerprint density at radius 3 is 2.50 bits per heavy atom. The number of rotatable bonds is 8. The number of aliphatic hydroxyl groups is 1. The maximum absolute atomic E-state index is 13.2. The van der Waals surface area contributed by atoms with Crippen molar-refractivity contribution in [2.24, 2.45) is 4.99 Å². The van der Waals surface area contributed by atoms with Crippen LogP contribution in [0.5, 0.6) is 11.5 Å². The quantitative estimate of drug-likeness (QED) is 0.265. The van der Waals surface area contributed by atoms with Crippen LogP contribution >= 0.6 is 27.7 Å². The number of carbonyl (C=O) groups excluding carboxylic acids is 2. The molecule has 1 aliphatic rings. The highest BCUT2D eigenvalue weighted by Gasteiger charge is 2.34. The van der Waals surface area contributed by atoms with Gasteiger partial charge in [0.05, 0.1) is 18.6 Å². The number of amides is 1. The van der Waals surface area contributed by atoms with Gasteiger partial charge in [-0.25, -0.2) is 14.2 Å². The van der Waals surface area contributed by atoms with Gasteiger partial charge in [0.1, 0.15) is 28.8 Å². The lowest BCUT2D eigenvalue weighted by Gasteiger charge is -2.13. The van der Waals surface area contributed by atoms with Gasteiger partial charge < -0.3 is 19.3 Å². The van der Waals surface area contributed by atoms with Crippen molar-refractivity contribution in [1.82, 2.24) is 0 Å². The molecule has 0 bridgehead atoms. The fraction of sp³-hybridized carbons (Fsp3) is 0.167. The van der Waals surface area contributed by atoms with Gasteiger partial charge in [0.15, 0.2) is 11.5 Å². The number of carbonyl (C=O) groups is 2. The summed E-state index contributed by atoms with van der Waals surface area (Å²) in [6, 6.07) is 16.4. The Morgan fingerprint density at radius 2 is 1.82 bits per heavy atom. The smallest absolute Gasteiger partial charge is 0.344 e. The van der Waals surface area contributed by atoms with Crippen LogP contribution in [0, 0.1) is 12.7 Å². The lowest BCUT2D eigenvalue weighted by atomic mass is 10.1. The average molecular weight is 626 g/mol. The molecule has 1 N–H and O–H groups in total. The van der Waals surface area contributed by atoms with Crippen LogP contribution in [0.1, 0.15) is 34.0 Å². The van der Waals surface area contributed by atoms with Crippen molar-refractivity contribution in [3.63, 3.8) is 0 Å². The number of esters is 1. The summed E-state index contributed by atoms with van der Waals surface area (Å²) in [5, 5.41) is 11.1. The number of halogens is 2. The number of methoxy groups -OCH3 is 1. The summed E-state index contributed by atoms with van der Waals surface area (Å²) in [5.74, 6) is -1.14. The van der Waals surface area contributed by atoms with Crippen LogP contribution in [-0.2, 0) is 16.1 Å². The maximum atomic E-state index is 13.2. The van der Waals surface area contributed by atoms with Crippen LogP contribution in [-0.4, -0.2) is 35.7 Å². The van der Waals surface area contributed by atoms with Crippen molar-refractivity contribution in [3.8, 4) is 11.5 Å². The van der Waals surface area contributed by atoms with Gasteiger partial charge in [0.25, 0.3) is 5.91 Å². The number of thioether (sulfide) groups is 1. The number of aliphatic imine (C=N–C) groups is 1. The minimum absolute atomic E-state index is 0.0396. The first kappa shape index (κ1) is 29.1. The van der Waals surface area contributed by atoms with E-state index in [9.17, 15) is 19.1 Å². The fourth-order valence-corrected chi connectivity index (χ4v) is 5.21. The highest BCUT2D eigenvalue weighted by Crippen LogP contribution is 2.42. The Balaban J connectivity index is 1.67. The molecule has 206 valence electrons. The number of benzene rings is 3. The van der Waals surface area contributed by atoms with Crippen molar-refractivity contribution in [2.75, 3.05) is 13.7 Å². The van der Waals surface area contributed by atoms with Crippen LogP contribution < -0.4 is 9.47 Å². The zero-order valence-electron chi connectivity index (χ0n) is 21.9. The third kappa shape index (κ3) is 6.63. The number of nitrogens with zero attached hydrogens (tertiary/aromatic N) is 1. The molecule has 0 aliphatic carbocycles. The zero-order chi connectivity index (χ0) is 28.8. The monoisotopic (exact) mass is 625 g/mol. The van der Waals surface area contributed by atoms with Crippen molar-refractivity contribution < 1.29 is 33.3 Å². The van der Waals surface area contributed by atoms with Crippen LogP contribution in [0.25, 0.3) is 6.08 Å². The fourth-order valence-electron chi connectivity index (χ4n) is 3.77. The molecule has 0 fully saturated rings. The molecule has 0 aromatic heterocycles. The van der Waals surface area contributed by atoms with E-state index in [4.69, 9.17) is 14.2 Å². The Morgan fingerprint density at radius 1 is 1.10 bits per heavy atom. The molecule has 1 amide bonds. The molecule has 40 heavy (non-hydrogen) atoms. The van der Waals surface area contributed by atoms with E-state index in [0.717, 1.165) is 22.9 Å². The topological polar surface area (TPSA) is 94.4 Å². The van der Waals surface area contributed by atoms with Crippen molar-refractivity contribution in [2.45, 2.75) is 20.5 Å². The first-order valence-electron chi connectivity index (χ1n) is 12.2. The highest BCUT2D eigenvalue weighted by atomic mass is 79.9. The predicted molar refractivity (Wildman–Crippen MR) is 156 cm³/mol. The van der Waals surface area contributed by atoms with E-state index in [0.29, 0.717) is 32.0 Å². The van der Waals surface area contributed by atoms with Crippen LogP contribution in [0.3, 0.4) is 0 Å². The molecule has 0 saturated heterocycles. The molecule has 7 nitrogen and oxygen atoms in total. The first-order chi connectivity index (χ1) is 19.2. The standard InChI is InChI=1S/C30H25BrFNO6S/c1-4-38-30(36)26-27(34)25(40-29(26)33-28(35)21-8-6-5-7-17(21)2)14-19-13-23(37-3)24(15-22(19)31)39-16-18-9-11-20(32)12-10-18/h5-15,34H,4,16H2,1-3H3/b25-14-,33-29?. The van der Waals surface area contributed by atoms with Gasteiger partial charge in [-0.1, -0.05) is 58.0 Å². The van der Waals surface area contributed by atoms with Gasteiger partial charge in [-0.05, 0) is 66.9 Å². The summed E-state index contributed by atoms with van der Waals surface area (Å²) in [7, 11) is 1.49. The van der Waals surface area contributed by atoms with Crippen molar-refractivity contribution in [3.05, 3.63) is 109 Å². The Labute approximate surface area is 243 Å². The minimum atomic E-state index is -0.784. The third-order valence-corrected chi connectivity index (χ3v) is 7.53. The molecule has 0 unspecified atom stereocenters. The molecule has 3 aromatic carbocycles. The van der Waals surface area contributed by atoms with Crippen LogP contribution in [0.15, 0.2) is 86.4 Å². The highest BCUT2D eigenvalue weighted by molar-refractivity contribution is 9.10. The lowest BCUT2D eigenvalue weighted by molar-refractivity contribution is -0.138. The molecule has 1 heterocycles. The summed E-state index contributed by atoms with van der Waals surface area (Å²) in [6.07, 6.45) is 1.64. The third-order valence-electron chi connectivity index (χ3n) is 5.83. The molecule has 3 aromatic rings. The van der Waals surface area contributed by atoms with E-state index in [1.54, 1.807) is 62.4 Å². The number of hydrogen-bond donors (Lipinski definition) is 1.